The molecule has 3 aromatic carbocycles. The van der Waals surface area contributed by atoms with Crippen molar-refractivity contribution in [3.8, 4) is 0 Å². The Morgan fingerprint density at radius 2 is 1.71 bits per heavy atom. The zero-order valence-electron chi connectivity index (χ0n) is 11.6. The van der Waals surface area contributed by atoms with E-state index in [-0.39, 0.29) is 5.91 Å². The van der Waals surface area contributed by atoms with E-state index in [1.807, 2.05) is 61.5 Å². The molecule has 104 valence electrons. The molecule has 1 amide bonds. The van der Waals surface area contributed by atoms with E-state index in [0.29, 0.717) is 5.56 Å². The number of carbonyl (C=O) groups excluding carboxylic acids is 1. The maximum Gasteiger partial charge on any atom is 0.255 e. The molecule has 21 heavy (non-hydrogen) atoms. The normalized spacial score (nSPS) is 10.6. The van der Waals surface area contributed by atoms with E-state index in [4.69, 9.17) is 0 Å². The maximum atomic E-state index is 12.3. The number of benzene rings is 3. The minimum atomic E-state index is -0.106. The number of halogens is 1. The molecule has 0 aliphatic rings. The lowest BCUT2D eigenvalue weighted by Crippen LogP contribution is -2.11. The molecule has 0 spiro atoms. The lowest BCUT2D eigenvalue weighted by atomic mass is 10.1. The van der Waals surface area contributed by atoms with Gasteiger partial charge in [0.25, 0.3) is 5.91 Å². The molecule has 3 rings (SSSR count). The molecule has 3 aromatic rings. The quantitative estimate of drug-likeness (QED) is 0.686. The highest BCUT2D eigenvalue weighted by atomic mass is 79.9. The molecule has 2 nitrogen and oxygen atoms in total. The summed E-state index contributed by atoms with van der Waals surface area (Å²) in [5.74, 6) is -0.106. The summed E-state index contributed by atoms with van der Waals surface area (Å²) in [6, 6.07) is 19.6. The van der Waals surface area contributed by atoms with Gasteiger partial charge in [-0.3, -0.25) is 4.79 Å². The van der Waals surface area contributed by atoms with Gasteiger partial charge in [-0.2, -0.15) is 0 Å². The van der Waals surface area contributed by atoms with Crippen LogP contribution in [0.2, 0.25) is 0 Å². The first-order valence-electron chi connectivity index (χ1n) is 6.70. The van der Waals surface area contributed by atoms with E-state index in [0.717, 1.165) is 26.5 Å². The molecular formula is C18H14BrNO. The van der Waals surface area contributed by atoms with Crippen molar-refractivity contribution in [2.24, 2.45) is 0 Å². The molecular weight excluding hydrogens is 326 g/mol. The van der Waals surface area contributed by atoms with Gasteiger partial charge in [0, 0.05) is 15.7 Å². The molecule has 0 aliphatic carbocycles. The second-order valence-electron chi connectivity index (χ2n) is 4.98. The van der Waals surface area contributed by atoms with Gasteiger partial charge in [0.2, 0.25) is 0 Å². The molecule has 1 N–H and O–H groups in total. The topological polar surface area (TPSA) is 29.1 Å². The zero-order valence-corrected chi connectivity index (χ0v) is 13.1. The lowest BCUT2D eigenvalue weighted by molar-refractivity contribution is 0.102. The van der Waals surface area contributed by atoms with E-state index in [2.05, 4.69) is 27.3 Å². The standard InChI is InChI=1S/C18H14BrNO/c1-12-6-7-15(11-17(12)19)18(21)20-16-9-8-13-4-2-3-5-14(13)10-16/h2-11H,1H3,(H,20,21). The molecule has 0 bridgehead atoms. The molecule has 0 saturated heterocycles. The summed E-state index contributed by atoms with van der Waals surface area (Å²) in [5, 5.41) is 5.21. The van der Waals surface area contributed by atoms with Crippen LogP contribution >= 0.6 is 15.9 Å². The number of rotatable bonds is 2. The van der Waals surface area contributed by atoms with Gasteiger partial charge < -0.3 is 5.32 Å². The van der Waals surface area contributed by atoms with Crippen LogP contribution in [0.4, 0.5) is 5.69 Å². The fourth-order valence-corrected chi connectivity index (χ4v) is 2.58. The van der Waals surface area contributed by atoms with E-state index in [1.165, 1.54) is 0 Å². The first-order valence-corrected chi connectivity index (χ1v) is 7.49. The number of aryl methyl sites for hydroxylation is 1. The van der Waals surface area contributed by atoms with Crippen molar-refractivity contribution >= 4 is 38.3 Å². The Morgan fingerprint density at radius 3 is 2.48 bits per heavy atom. The molecule has 0 atom stereocenters. The summed E-state index contributed by atoms with van der Waals surface area (Å²) in [6.07, 6.45) is 0. The fourth-order valence-electron chi connectivity index (χ4n) is 2.20. The fraction of sp³-hybridized carbons (Fsp3) is 0.0556. The van der Waals surface area contributed by atoms with Crippen LogP contribution in [-0.2, 0) is 0 Å². The summed E-state index contributed by atoms with van der Waals surface area (Å²) < 4.78 is 0.939. The van der Waals surface area contributed by atoms with Crippen molar-refractivity contribution in [2.45, 2.75) is 6.92 Å². The minimum absolute atomic E-state index is 0.106. The van der Waals surface area contributed by atoms with Gasteiger partial charge in [-0.05, 0) is 47.5 Å². The number of hydrogen-bond acceptors (Lipinski definition) is 1. The van der Waals surface area contributed by atoms with Gasteiger partial charge in [0.15, 0.2) is 0 Å². The molecule has 0 saturated carbocycles. The van der Waals surface area contributed by atoms with Crippen LogP contribution in [0.25, 0.3) is 10.8 Å². The highest BCUT2D eigenvalue weighted by molar-refractivity contribution is 9.10. The Hall–Kier alpha value is -2.13. The first kappa shape index (κ1) is 13.8. The van der Waals surface area contributed by atoms with Crippen LogP contribution in [0.1, 0.15) is 15.9 Å². The first-order chi connectivity index (χ1) is 10.1. The second-order valence-corrected chi connectivity index (χ2v) is 5.83. The van der Waals surface area contributed by atoms with Gasteiger partial charge in [0.1, 0.15) is 0 Å². The molecule has 0 heterocycles. The predicted octanol–water partition coefficient (Wildman–Crippen LogP) is 5.16. The van der Waals surface area contributed by atoms with Crippen molar-refractivity contribution < 1.29 is 4.79 Å². The Kier molecular flexibility index (Phi) is 3.76. The Balaban J connectivity index is 1.87. The summed E-state index contributed by atoms with van der Waals surface area (Å²) in [5.41, 5.74) is 2.55. The summed E-state index contributed by atoms with van der Waals surface area (Å²) in [4.78, 5) is 12.3. The minimum Gasteiger partial charge on any atom is -0.322 e. The molecule has 0 aliphatic heterocycles. The van der Waals surface area contributed by atoms with Crippen LogP contribution in [0.15, 0.2) is 65.1 Å². The maximum absolute atomic E-state index is 12.3. The van der Waals surface area contributed by atoms with Crippen molar-refractivity contribution in [1.82, 2.24) is 0 Å². The van der Waals surface area contributed by atoms with Gasteiger partial charge in [-0.25, -0.2) is 0 Å². The Bertz CT molecular complexity index is 826. The van der Waals surface area contributed by atoms with E-state index < -0.39 is 0 Å². The van der Waals surface area contributed by atoms with E-state index >= 15 is 0 Å². The Labute approximate surface area is 131 Å². The van der Waals surface area contributed by atoms with Crippen molar-refractivity contribution in [1.29, 1.82) is 0 Å². The van der Waals surface area contributed by atoms with Crippen LogP contribution < -0.4 is 5.32 Å². The number of amides is 1. The van der Waals surface area contributed by atoms with Crippen molar-refractivity contribution in [3.05, 3.63) is 76.3 Å². The SMILES string of the molecule is Cc1ccc(C(=O)Nc2ccc3ccccc3c2)cc1Br. The van der Waals surface area contributed by atoms with E-state index in [1.54, 1.807) is 0 Å². The van der Waals surface area contributed by atoms with Crippen molar-refractivity contribution in [3.63, 3.8) is 0 Å². The van der Waals surface area contributed by atoms with Crippen LogP contribution in [-0.4, -0.2) is 5.91 Å². The average molecular weight is 340 g/mol. The molecule has 0 aromatic heterocycles. The monoisotopic (exact) mass is 339 g/mol. The smallest absolute Gasteiger partial charge is 0.255 e. The highest BCUT2D eigenvalue weighted by Crippen LogP contribution is 2.21. The highest BCUT2D eigenvalue weighted by Gasteiger charge is 2.08. The third kappa shape index (κ3) is 2.98. The van der Waals surface area contributed by atoms with Crippen LogP contribution in [0, 0.1) is 6.92 Å². The lowest BCUT2D eigenvalue weighted by Gasteiger charge is -2.08. The molecule has 0 unspecified atom stereocenters. The van der Waals surface area contributed by atoms with Gasteiger partial charge >= 0.3 is 0 Å². The van der Waals surface area contributed by atoms with Gasteiger partial charge in [-0.15, -0.1) is 0 Å². The van der Waals surface area contributed by atoms with E-state index in [9.17, 15) is 4.79 Å². The number of anilines is 1. The van der Waals surface area contributed by atoms with Gasteiger partial charge in [0.05, 0.1) is 0 Å². The summed E-state index contributed by atoms with van der Waals surface area (Å²) in [6.45, 7) is 2.00. The summed E-state index contributed by atoms with van der Waals surface area (Å²) >= 11 is 3.45. The zero-order chi connectivity index (χ0) is 14.8. The van der Waals surface area contributed by atoms with Crippen LogP contribution in [0.5, 0.6) is 0 Å². The molecule has 0 fully saturated rings. The summed E-state index contributed by atoms with van der Waals surface area (Å²) in [7, 11) is 0. The number of hydrogen-bond donors (Lipinski definition) is 1. The predicted molar refractivity (Wildman–Crippen MR) is 90.8 cm³/mol. The second kappa shape index (κ2) is 5.70. The number of carbonyl (C=O) groups is 1. The van der Waals surface area contributed by atoms with Crippen molar-refractivity contribution in [2.75, 3.05) is 5.32 Å². The number of nitrogens with one attached hydrogen (secondary N) is 1. The van der Waals surface area contributed by atoms with Gasteiger partial charge in [-0.1, -0.05) is 52.3 Å². The number of fused-ring (bicyclic) bond motifs is 1. The third-order valence-corrected chi connectivity index (χ3v) is 4.30. The molecule has 3 heteroatoms. The average Bonchev–Trinajstić information content (AvgIpc) is 2.50. The molecule has 0 radical (unpaired) electrons. The largest absolute Gasteiger partial charge is 0.322 e. The Morgan fingerprint density at radius 1 is 0.952 bits per heavy atom. The van der Waals surface area contributed by atoms with Crippen LogP contribution in [0.3, 0.4) is 0 Å². The third-order valence-electron chi connectivity index (χ3n) is 3.44.